The predicted octanol–water partition coefficient (Wildman–Crippen LogP) is 4.55. The highest BCUT2D eigenvalue weighted by Crippen LogP contribution is 2.34. The van der Waals surface area contributed by atoms with Crippen LogP contribution in [0.1, 0.15) is 12.5 Å². The fraction of sp³-hybridized carbons (Fsp3) is 0.409. The second-order valence-electron chi connectivity index (χ2n) is 7.14. The molecule has 1 amide bonds. The maximum Gasteiger partial charge on any atom is 0.416 e. The van der Waals surface area contributed by atoms with Crippen molar-refractivity contribution >= 4 is 23.4 Å². The molecule has 9 heteroatoms. The highest BCUT2D eigenvalue weighted by atomic mass is 32.2. The van der Waals surface area contributed by atoms with E-state index in [0.29, 0.717) is 43.4 Å². The van der Waals surface area contributed by atoms with Crippen LogP contribution >= 0.6 is 11.8 Å². The van der Waals surface area contributed by atoms with E-state index < -0.39 is 11.7 Å². The topological polar surface area (TPSA) is 42.0 Å². The summed E-state index contributed by atoms with van der Waals surface area (Å²) in [6.45, 7) is 3.75. The summed E-state index contributed by atoms with van der Waals surface area (Å²) in [5, 5.41) is -0.307. The van der Waals surface area contributed by atoms with E-state index in [1.54, 1.807) is 31.3 Å². The third kappa shape index (κ3) is 5.58. The molecule has 168 valence electrons. The summed E-state index contributed by atoms with van der Waals surface area (Å²) in [4.78, 5) is 17.4. The minimum atomic E-state index is -4.37. The summed E-state index contributed by atoms with van der Waals surface area (Å²) in [5.41, 5.74) is -0.141. The maximum atomic E-state index is 13.0. The molecule has 1 atom stereocenters. The van der Waals surface area contributed by atoms with Crippen LogP contribution in [0.2, 0.25) is 0 Å². The molecule has 1 fully saturated rings. The van der Waals surface area contributed by atoms with Crippen molar-refractivity contribution in [2.45, 2.75) is 23.2 Å². The number of hydrogen-bond acceptors (Lipinski definition) is 5. The maximum absolute atomic E-state index is 13.0. The van der Waals surface area contributed by atoms with Gasteiger partial charge >= 0.3 is 6.18 Å². The second kappa shape index (κ2) is 9.72. The van der Waals surface area contributed by atoms with E-state index in [4.69, 9.17) is 9.47 Å². The third-order valence-electron chi connectivity index (χ3n) is 5.15. The number of benzene rings is 2. The molecule has 2 aromatic rings. The Morgan fingerprint density at radius 3 is 2.29 bits per heavy atom. The second-order valence-corrected chi connectivity index (χ2v) is 8.55. The van der Waals surface area contributed by atoms with Crippen molar-refractivity contribution in [1.29, 1.82) is 0 Å². The van der Waals surface area contributed by atoms with Crippen molar-refractivity contribution in [2.75, 3.05) is 45.3 Å². The van der Waals surface area contributed by atoms with Gasteiger partial charge in [0.2, 0.25) is 5.91 Å². The van der Waals surface area contributed by atoms with E-state index in [1.165, 1.54) is 17.8 Å². The van der Waals surface area contributed by atoms with E-state index in [2.05, 4.69) is 0 Å². The molecule has 1 saturated heterocycles. The highest BCUT2D eigenvalue weighted by Gasteiger charge is 2.31. The van der Waals surface area contributed by atoms with Crippen molar-refractivity contribution in [3.05, 3.63) is 48.0 Å². The molecule has 1 aliphatic heterocycles. The Kier molecular flexibility index (Phi) is 7.25. The summed E-state index contributed by atoms with van der Waals surface area (Å²) in [7, 11) is 3.13. The largest absolute Gasteiger partial charge is 0.493 e. The smallest absolute Gasteiger partial charge is 0.416 e. The normalized spacial score (nSPS) is 15.5. The van der Waals surface area contributed by atoms with Crippen molar-refractivity contribution in [3.63, 3.8) is 0 Å². The molecule has 0 bridgehead atoms. The summed E-state index contributed by atoms with van der Waals surface area (Å²) in [6, 6.07) is 10.8. The molecule has 0 N–H and O–H groups in total. The standard InChI is InChI=1S/C22H25F3N2O3S/c1-15(31-18-7-8-19(29-2)20(14-18)30-3)21(28)27-11-9-26(10-12-27)17-6-4-5-16(13-17)22(23,24)25/h4-8,13-15H,9-12H2,1-3H3/t15-/m0/s1. The van der Waals surface area contributed by atoms with Crippen molar-refractivity contribution in [1.82, 2.24) is 4.90 Å². The lowest BCUT2D eigenvalue weighted by atomic mass is 10.1. The Balaban J connectivity index is 1.59. The first-order valence-electron chi connectivity index (χ1n) is 9.82. The van der Waals surface area contributed by atoms with Crippen LogP contribution in [0, 0.1) is 0 Å². The van der Waals surface area contributed by atoms with Gasteiger partial charge in [0.15, 0.2) is 11.5 Å². The van der Waals surface area contributed by atoms with Crippen molar-refractivity contribution in [2.24, 2.45) is 0 Å². The Morgan fingerprint density at radius 1 is 1.00 bits per heavy atom. The quantitative estimate of drug-likeness (QED) is 0.599. The van der Waals surface area contributed by atoms with Gasteiger partial charge in [-0.05, 0) is 43.3 Å². The zero-order valence-electron chi connectivity index (χ0n) is 17.6. The van der Waals surface area contributed by atoms with Crippen LogP contribution in [-0.4, -0.2) is 56.5 Å². The van der Waals surface area contributed by atoms with Crippen molar-refractivity contribution < 1.29 is 27.4 Å². The Bertz CT molecular complexity index is 915. The molecule has 3 rings (SSSR count). The number of hydrogen-bond donors (Lipinski definition) is 0. The van der Waals surface area contributed by atoms with Gasteiger partial charge in [-0.15, -0.1) is 11.8 Å². The van der Waals surface area contributed by atoms with Crippen LogP contribution in [0.4, 0.5) is 18.9 Å². The zero-order valence-corrected chi connectivity index (χ0v) is 18.4. The van der Waals surface area contributed by atoms with Gasteiger partial charge in [-0.2, -0.15) is 13.2 Å². The molecule has 0 aliphatic carbocycles. The van der Waals surface area contributed by atoms with Crippen LogP contribution in [0.5, 0.6) is 11.5 Å². The van der Waals surface area contributed by atoms with E-state index in [9.17, 15) is 18.0 Å². The number of rotatable bonds is 6. The lowest BCUT2D eigenvalue weighted by Crippen LogP contribution is -2.50. The van der Waals surface area contributed by atoms with Gasteiger partial charge in [-0.1, -0.05) is 6.07 Å². The lowest BCUT2D eigenvalue weighted by molar-refractivity contribution is -0.137. The molecule has 0 radical (unpaired) electrons. The van der Waals surface area contributed by atoms with E-state index in [0.717, 1.165) is 17.0 Å². The Labute approximate surface area is 184 Å². The van der Waals surface area contributed by atoms with Crippen LogP contribution in [0.15, 0.2) is 47.4 Å². The molecular weight excluding hydrogens is 429 g/mol. The van der Waals surface area contributed by atoms with Gasteiger partial charge in [-0.3, -0.25) is 4.79 Å². The first-order valence-corrected chi connectivity index (χ1v) is 10.7. The molecule has 2 aromatic carbocycles. The first kappa shape index (κ1) is 23.1. The van der Waals surface area contributed by atoms with Crippen LogP contribution < -0.4 is 14.4 Å². The van der Waals surface area contributed by atoms with Crippen molar-refractivity contribution in [3.8, 4) is 11.5 Å². The van der Waals surface area contributed by atoms with Gasteiger partial charge in [0, 0.05) is 36.8 Å². The monoisotopic (exact) mass is 454 g/mol. The number of carbonyl (C=O) groups excluding carboxylic acids is 1. The summed E-state index contributed by atoms with van der Waals surface area (Å²) in [5.74, 6) is 1.22. The Morgan fingerprint density at radius 2 is 1.68 bits per heavy atom. The van der Waals surface area contributed by atoms with Crippen LogP contribution in [0.25, 0.3) is 0 Å². The summed E-state index contributed by atoms with van der Waals surface area (Å²) < 4.78 is 49.5. The van der Waals surface area contributed by atoms with Gasteiger partial charge in [0.25, 0.3) is 0 Å². The number of halogens is 3. The molecule has 1 aliphatic rings. The highest BCUT2D eigenvalue weighted by molar-refractivity contribution is 8.00. The minimum Gasteiger partial charge on any atom is -0.493 e. The fourth-order valence-electron chi connectivity index (χ4n) is 3.47. The van der Waals surface area contributed by atoms with Crippen LogP contribution in [-0.2, 0) is 11.0 Å². The number of methoxy groups -OCH3 is 2. The number of thioether (sulfide) groups is 1. The SMILES string of the molecule is COc1ccc(S[C@@H](C)C(=O)N2CCN(c3cccc(C(F)(F)F)c3)CC2)cc1OC. The van der Waals surface area contributed by atoms with E-state index in [1.807, 2.05) is 24.0 Å². The Hall–Kier alpha value is -2.55. The van der Waals surface area contributed by atoms with E-state index >= 15 is 0 Å². The summed E-state index contributed by atoms with van der Waals surface area (Å²) >= 11 is 1.43. The van der Waals surface area contributed by atoms with Gasteiger partial charge in [0.05, 0.1) is 25.0 Å². The average molecular weight is 455 g/mol. The number of alkyl halides is 3. The van der Waals surface area contributed by atoms with Gasteiger partial charge in [0.1, 0.15) is 0 Å². The van der Waals surface area contributed by atoms with Gasteiger partial charge in [-0.25, -0.2) is 0 Å². The minimum absolute atomic E-state index is 0.00322. The molecular formula is C22H25F3N2O3S. The summed E-state index contributed by atoms with van der Waals surface area (Å²) in [6.07, 6.45) is -4.37. The molecule has 0 unspecified atom stereocenters. The number of carbonyl (C=O) groups is 1. The number of amides is 1. The number of piperazine rings is 1. The molecule has 0 aromatic heterocycles. The number of nitrogens with zero attached hydrogens (tertiary/aromatic N) is 2. The molecule has 1 heterocycles. The molecule has 0 spiro atoms. The first-order chi connectivity index (χ1) is 14.7. The molecule has 5 nitrogen and oxygen atoms in total. The number of ether oxygens (including phenoxy) is 2. The molecule has 0 saturated carbocycles. The van der Waals surface area contributed by atoms with Gasteiger partial charge < -0.3 is 19.3 Å². The predicted molar refractivity (Wildman–Crippen MR) is 115 cm³/mol. The third-order valence-corrected chi connectivity index (χ3v) is 6.23. The van der Waals surface area contributed by atoms with E-state index in [-0.39, 0.29) is 11.2 Å². The average Bonchev–Trinajstić information content (AvgIpc) is 2.78. The lowest BCUT2D eigenvalue weighted by Gasteiger charge is -2.37. The van der Waals surface area contributed by atoms with Crippen LogP contribution in [0.3, 0.4) is 0 Å². The molecule has 31 heavy (non-hydrogen) atoms. The zero-order chi connectivity index (χ0) is 22.6. The number of anilines is 1. The fourth-order valence-corrected chi connectivity index (χ4v) is 4.45.